The molecule has 1 aromatic heterocycles. The number of thiazole rings is 1. The highest BCUT2D eigenvalue weighted by Crippen LogP contribution is 2.19. The molecule has 1 aromatic carbocycles. The fourth-order valence-electron chi connectivity index (χ4n) is 2.49. The number of carbonyl (C=O) groups excluding carboxylic acids is 1. The minimum absolute atomic E-state index is 0.0172. The molecule has 108 valence electrons. The lowest BCUT2D eigenvalue weighted by Crippen LogP contribution is -2.21. The number of benzene rings is 1. The summed E-state index contributed by atoms with van der Waals surface area (Å²) in [6, 6.07) is 10.2. The fraction of sp³-hybridized carbons (Fsp3) is 0.294. The lowest BCUT2D eigenvalue weighted by Gasteiger charge is -2.13. The van der Waals surface area contributed by atoms with Crippen LogP contribution in [0.1, 0.15) is 24.8 Å². The van der Waals surface area contributed by atoms with Gasteiger partial charge in [0.2, 0.25) is 0 Å². The zero-order valence-electron chi connectivity index (χ0n) is 11.8. The molecule has 0 aliphatic heterocycles. The van der Waals surface area contributed by atoms with Gasteiger partial charge in [0.15, 0.2) is 4.80 Å². The first-order chi connectivity index (χ1) is 10.3. The Morgan fingerprint density at radius 2 is 2.14 bits per heavy atom. The van der Waals surface area contributed by atoms with E-state index < -0.39 is 0 Å². The molecule has 0 saturated heterocycles. The van der Waals surface area contributed by atoms with Crippen molar-refractivity contribution >= 4 is 17.2 Å². The van der Waals surface area contributed by atoms with Crippen molar-refractivity contribution in [1.82, 2.24) is 4.57 Å². The molecule has 1 aliphatic rings. The number of aromatic nitrogens is 1. The van der Waals surface area contributed by atoms with Gasteiger partial charge >= 0.3 is 0 Å². The minimum Gasteiger partial charge on any atom is -0.319 e. The molecule has 0 spiro atoms. The van der Waals surface area contributed by atoms with Gasteiger partial charge in [-0.25, -0.2) is 0 Å². The summed E-state index contributed by atoms with van der Waals surface area (Å²) in [7, 11) is 0. The summed E-state index contributed by atoms with van der Waals surface area (Å²) < 4.78 is 2.04. The molecule has 0 fully saturated rings. The highest BCUT2D eigenvalue weighted by atomic mass is 32.1. The maximum Gasteiger partial charge on any atom is 0.251 e. The molecule has 2 aromatic rings. The van der Waals surface area contributed by atoms with Crippen molar-refractivity contribution in [2.75, 3.05) is 0 Å². The van der Waals surface area contributed by atoms with Crippen LogP contribution in [0, 0.1) is 5.92 Å². The SMILES string of the molecule is O=C(N=c1sccn1Cc1ccccc1)C1CC=CCC1. The first-order valence-electron chi connectivity index (χ1n) is 7.24. The number of rotatable bonds is 3. The summed E-state index contributed by atoms with van der Waals surface area (Å²) in [6.07, 6.45) is 8.96. The van der Waals surface area contributed by atoms with Crippen LogP contribution in [0.5, 0.6) is 0 Å². The van der Waals surface area contributed by atoms with Crippen LogP contribution in [0.4, 0.5) is 0 Å². The van der Waals surface area contributed by atoms with Crippen molar-refractivity contribution in [3.63, 3.8) is 0 Å². The van der Waals surface area contributed by atoms with E-state index in [4.69, 9.17) is 0 Å². The molecule has 1 amide bonds. The Morgan fingerprint density at radius 1 is 1.29 bits per heavy atom. The maximum atomic E-state index is 12.3. The molecule has 21 heavy (non-hydrogen) atoms. The molecule has 0 saturated carbocycles. The highest BCUT2D eigenvalue weighted by Gasteiger charge is 2.18. The molecule has 1 heterocycles. The second-order valence-electron chi connectivity index (χ2n) is 5.23. The molecule has 3 rings (SSSR count). The van der Waals surface area contributed by atoms with Crippen molar-refractivity contribution in [1.29, 1.82) is 0 Å². The van der Waals surface area contributed by atoms with Crippen molar-refractivity contribution in [3.8, 4) is 0 Å². The minimum atomic E-state index is 0.0172. The second-order valence-corrected chi connectivity index (χ2v) is 6.10. The predicted octanol–water partition coefficient (Wildman–Crippen LogP) is 3.38. The topological polar surface area (TPSA) is 34.4 Å². The first kappa shape index (κ1) is 14.0. The number of hydrogen-bond donors (Lipinski definition) is 0. The standard InChI is InChI=1S/C17H18N2OS/c20-16(15-9-5-2-6-10-15)18-17-19(11-12-21-17)13-14-7-3-1-4-8-14/h1-5,7-8,11-12,15H,6,9-10,13H2. The summed E-state index contributed by atoms with van der Waals surface area (Å²) in [5, 5.41) is 1.98. The molecule has 1 atom stereocenters. The Hall–Kier alpha value is -1.94. The number of nitrogens with zero attached hydrogens (tertiary/aromatic N) is 2. The lowest BCUT2D eigenvalue weighted by molar-refractivity contribution is -0.122. The van der Waals surface area contributed by atoms with E-state index in [0.29, 0.717) is 0 Å². The third-order valence-corrected chi connectivity index (χ3v) is 4.47. The van der Waals surface area contributed by atoms with Crippen LogP contribution in [0.3, 0.4) is 0 Å². The smallest absolute Gasteiger partial charge is 0.251 e. The molecule has 0 bridgehead atoms. The Bertz CT molecular complexity index is 697. The fourth-order valence-corrected chi connectivity index (χ4v) is 3.22. The zero-order valence-corrected chi connectivity index (χ0v) is 12.6. The maximum absolute atomic E-state index is 12.3. The Labute approximate surface area is 128 Å². The van der Waals surface area contributed by atoms with Crippen molar-refractivity contribution in [2.24, 2.45) is 10.9 Å². The third kappa shape index (κ3) is 3.58. The van der Waals surface area contributed by atoms with Gasteiger partial charge in [0, 0.05) is 24.0 Å². The predicted molar refractivity (Wildman–Crippen MR) is 84.9 cm³/mol. The third-order valence-electron chi connectivity index (χ3n) is 3.68. The monoisotopic (exact) mass is 298 g/mol. The van der Waals surface area contributed by atoms with Gasteiger partial charge in [0.05, 0.1) is 0 Å². The summed E-state index contributed by atoms with van der Waals surface area (Å²) in [5.74, 6) is 0.0749. The van der Waals surface area contributed by atoms with Gasteiger partial charge in [-0.1, -0.05) is 42.5 Å². The first-order valence-corrected chi connectivity index (χ1v) is 8.12. The Kier molecular flexibility index (Phi) is 4.46. The van der Waals surface area contributed by atoms with E-state index >= 15 is 0 Å². The molecule has 4 heteroatoms. The largest absolute Gasteiger partial charge is 0.319 e. The van der Waals surface area contributed by atoms with E-state index in [2.05, 4.69) is 29.3 Å². The van der Waals surface area contributed by atoms with Crippen LogP contribution in [-0.2, 0) is 11.3 Å². The number of hydrogen-bond acceptors (Lipinski definition) is 2. The van der Waals surface area contributed by atoms with Gasteiger partial charge < -0.3 is 4.57 Å². The molecular formula is C17H18N2OS. The van der Waals surface area contributed by atoms with Gasteiger partial charge in [0.25, 0.3) is 5.91 Å². The van der Waals surface area contributed by atoms with Crippen LogP contribution in [0.15, 0.2) is 59.1 Å². The summed E-state index contributed by atoms with van der Waals surface area (Å²) in [6.45, 7) is 0.751. The van der Waals surface area contributed by atoms with E-state index in [1.54, 1.807) is 0 Å². The number of amides is 1. The molecule has 0 N–H and O–H groups in total. The highest BCUT2D eigenvalue weighted by molar-refractivity contribution is 7.07. The van der Waals surface area contributed by atoms with E-state index in [0.717, 1.165) is 30.6 Å². The summed E-state index contributed by atoms with van der Waals surface area (Å²) in [4.78, 5) is 17.4. The molecule has 1 aliphatic carbocycles. The molecule has 0 radical (unpaired) electrons. The van der Waals surface area contributed by atoms with E-state index in [1.807, 2.05) is 34.3 Å². The van der Waals surface area contributed by atoms with Gasteiger partial charge in [-0.15, -0.1) is 11.3 Å². The van der Waals surface area contributed by atoms with E-state index in [9.17, 15) is 4.79 Å². The quantitative estimate of drug-likeness (QED) is 0.800. The van der Waals surface area contributed by atoms with Crippen LogP contribution >= 0.6 is 11.3 Å². The summed E-state index contributed by atoms with van der Waals surface area (Å²) in [5.41, 5.74) is 1.21. The van der Waals surface area contributed by atoms with Crippen molar-refractivity contribution in [2.45, 2.75) is 25.8 Å². The zero-order chi connectivity index (χ0) is 14.5. The van der Waals surface area contributed by atoms with Crippen LogP contribution < -0.4 is 4.80 Å². The molecular weight excluding hydrogens is 280 g/mol. The normalized spacial score (nSPS) is 18.9. The molecule has 3 nitrogen and oxygen atoms in total. The van der Waals surface area contributed by atoms with Gasteiger partial charge in [-0.3, -0.25) is 4.79 Å². The lowest BCUT2D eigenvalue weighted by atomic mass is 9.94. The van der Waals surface area contributed by atoms with Crippen LogP contribution in [0.25, 0.3) is 0 Å². The summed E-state index contributed by atoms with van der Waals surface area (Å²) >= 11 is 1.52. The Morgan fingerprint density at radius 3 is 2.90 bits per heavy atom. The van der Waals surface area contributed by atoms with Gasteiger partial charge in [-0.2, -0.15) is 4.99 Å². The van der Waals surface area contributed by atoms with E-state index in [1.165, 1.54) is 16.9 Å². The molecule has 1 unspecified atom stereocenters. The average Bonchev–Trinajstić information content (AvgIpc) is 2.96. The second kappa shape index (κ2) is 6.68. The number of allylic oxidation sites excluding steroid dienone is 2. The van der Waals surface area contributed by atoms with Crippen molar-refractivity contribution < 1.29 is 4.79 Å². The van der Waals surface area contributed by atoms with Gasteiger partial charge in [0.1, 0.15) is 0 Å². The van der Waals surface area contributed by atoms with E-state index in [-0.39, 0.29) is 11.8 Å². The van der Waals surface area contributed by atoms with Crippen LogP contribution in [-0.4, -0.2) is 10.5 Å². The number of carbonyl (C=O) groups is 1. The van der Waals surface area contributed by atoms with Crippen molar-refractivity contribution in [3.05, 3.63) is 64.4 Å². The van der Waals surface area contributed by atoms with Gasteiger partial charge in [-0.05, 0) is 24.8 Å². The average molecular weight is 298 g/mol. The van der Waals surface area contributed by atoms with Crippen LogP contribution in [0.2, 0.25) is 0 Å². The Balaban J connectivity index is 1.79.